The standard InChI is InChI=1S/C26H34N4O2/c1-27-26(28-18-20-9-7-11-22(17-20)30-15-5-6-16-30)29-19-21-10-8-14-24(31-2)25(21)32-23-12-3-4-13-23/h5-11,14,17,23H,3-4,12-13,15-16,18-19H2,1-2H3,(H2,27,28,29). The third kappa shape index (κ3) is 5.55. The highest BCUT2D eigenvalue weighted by Crippen LogP contribution is 2.34. The molecule has 0 amide bonds. The molecule has 0 atom stereocenters. The van der Waals surface area contributed by atoms with Gasteiger partial charge < -0.3 is 25.0 Å². The maximum Gasteiger partial charge on any atom is 0.191 e. The predicted molar refractivity (Wildman–Crippen MR) is 131 cm³/mol. The van der Waals surface area contributed by atoms with Crippen molar-refractivity contribution in [1.29, 1.82) is 0 Å². The molecule has 1 saturated carbocycles. The highest BCUT2D eigenvalue weighted by Gasteiger charge is 2.20. The summed E-state index contributed by atoms with van der Waals surface area (Å²) >= 11 is 0. The molecular weight excluding hydrogens is 400 g/mol. The minimum Gasteiger partial charge on any atom is -0.493 e. The van der Waals surface area contributed by atoms with Crippen LogP contribution in [0.1, 0.15) is 36.8 Å². The summed E-state index contributed by atoms with van der Waals surface area (Å²) in [5.41, 5.74) is 3.55. The molecule has 1 aliphatic carbocycles. The van der Waals surface area contributed by atoms with Gasteiger partial charge in [-0.25, -0.2) is 0 Å². The molecule has 0 bridgehead atoms. The molecule has 0 unspecified atom stereocenters. The maximum atomic E-state index is 6.35. The second kappa shape index (κ2) is 10.9. The van der Waals surface area contributed by atoms with E-state index in [9.17, 15) is 0 Å². The van der Waals surface area contributed by atoms with Gasteiger partial charge in [0.15, 0.2) is 17.5 Å². The van der Waals surface area contributed by atoms with Crippen LogP contribution in [0.25, 0.3) is 0 Å². The van der Waals surface area contributed by atoms with Gasteiger partial charge in [-0.15, -0.1) is 0 Å². The molecule has 1 fully saturated rings. The average molecular weight is 435 g/mol. The van der Waals surface area contributed by atoms with Crippen molar-refractivity contribution in [2.75, 3.05) is 32.1 Å². The van der Waals surface area contributed by atoms with E-state index in [-0.39, 0.29) is 6.10 Å². The van der Waals surface area contributed by atoms with Crippen molar-refractivity contribution in [2.24, 2.45) is 4.99 Å². The molecule has 2 aromatic rings. The van der Waals surface area contributed by atoms with Crippen molar-refractivity contribution in [3.63, 3.8) is 0 Å². The van der Waals surface area contributed by atoms with Crippen molar-refractivity contribution in [1.82, 2.24) is 10.6 Å². The van der Waals surface area contributed by atoms with Crippen LogP contribution in [0.15, 0.2) is 59.6 Å². The zero-order valence-electron chi connectivity index (χ0n) is 19.1. The second-order valence-corrected chi connectivity index (χ2v) is 8.30. The lowest BCUT2D eigenvalue weighted by Crippen LogP contribution is -2.36. The Hall–Kier alpha value is -3.15. The third-order valence-electron chi connectivity index (χ3n) is 6.09. The highest BCUT2D eigenvalue weighted by molar-refractivity contribution is 5.79. The Labute approximate surface area is 191 Å². The van der Waals surface area contributed by atoms with E-state index in [2.05, 4.69) is 63.0 Å². The second-order valence-electron chi connectivity index (χ2n) is 8.30. The van der Waals surface area contributed by atoms with Crippen molar-refractivity contribution < 1.29 is 9.47 Å². The molecule has 2 N–H and O–H groups in total. The number of nitrogens with one attached hydrogen (secondary N) is 2. The average Bonchev–Trinajstić information content (AvgIpc) is 3.55. The minimum absolute atomic E-state index is 0.278. The van der Waals surface area contributed by atoms with Crippen LogP contribution in [0, 0.1) is 0 Å². The Morgan fingerprint density at radius 2 is 1.78 bits per heavy atom. The molecule has 0 saturated heterocycles. The van der Waals surface area contributed by atoms with E-state index in [0.717, 1.165) is 49.0 Å². The lowest BCUT2D eigenvalue weighted by Gasteiger charge is -2.20. The largest absolute Gasteiger partial charge is 0.493 e. The van der Waals surface area contributed by atoms with Crippen LogP contribution in [0.2, 0.25) is 0 Å². The summed E-state index contributed by atoms with van der Waals surface area (Å²) in [6, 6.07) is 14.7. The topological polar surface area (TPSA) is 58.1 Å². The van der Waals surface area contributed by atoms with Gasteiger partial charge in [0.25, 0.3) is 0 Å². The fourth-order valence-electron chi connectivity index (χ4n) is 4.31. The molecular formula is C26H34N4O2. The molecule has 0 radical (unpaired) electrons. The van der Waals surface area contributed by atoms with Crippen LogP contribution in [-0.2, 0) is 13.1 Å². The van der Waals surface area contributed by atoms with E-state index < -0.39 is 0 Å². The zero-order valence-corrected chi connectivity index (χ0v) is 19.1. The summed E-state index contributed by atoms with van der Waals surface area (Å²) in [5.74, 6) is 2.39. The summed E-state index contributed by atoms with van der Waals surface area (Å²) in [7, 11) is 3.49. The minimum atomic E-state index is 0.278. The van der Waals surface area contributed by atoms with E-state index in [0.29, 0.717) is 13.1 Å². The number of hydrogen-bond donors (Lipinski definition) is 2. The molecule has 4 rings (SSSR count). The van der Waals surface area contributed by atoms with E-state index in [1.165, 1.54) is 24.1 Å². The predicted octanol–water partition coefficient (Wildman–Crippen LogP) is 4.26. The van der Waals surface area contributed by atoms with Gasteiger partial charge in [0, 0.05) is 44.5 Å². The third-order valence-corrected chi connectivity index (χ3v) is 6.09. The first-order chi connectivity index (χ1) is 15.8. The normalized spacial score (nSPS) is 16.4. The van der Waals surface area contributed by atoms with Gasteiger partial charge in [0.2, 0.25) is 0 Å². The number of guanidine groups is 1. The number of aliphatic imine (C=N–C) groups is 1. The fourth-order valence-corrected chi connectivity index (χ4v) is 4.31. The number of hydrogen-bond acceptors (Lipinski definition) is 4. The van der Waals surface area contributed by atoms with E-state index in [1.54, 1.807) is 14.2 Å². The van der Waals surface area contributed by atoms with Crippen molar-refractivity contribution in [2.45, 2.75) is 44.9 Å². The number of ether oxygens (including phenoxy) is 2. The lowest BCUT2D eigenvalue weighted by atomic mass is 10.1. The Bertz CT molecular complexity index is 943. The number of nitrogens with zero attached hydrogens (tertiary/aromatic N) is 2. The Kier molecular flexibility index (Phi) is 7.54. The Morgan fingerprint density at radius 1 is 1.03 bits per heavy atom. The van der Waals surface area contributed by atoms with Gasteiger partial charge in [-0.05, 0) is 49.4 Å². The molecule has 0 spiro atoms. The number of para-hydroxylation sites is 1. The van der Waals surface area contributed by atoms with Gasteiger partial charge in [-0.2, -0.15) is 0 Å². The van der Waals surface area contributed by atoms with E-state index >= 15 is 0 Å². The molecule has 0 aromatic heterocycles. The van der Waals surface area contributed by atoms with Crippen LogP contribution in [0.4, 0.5) is 5.69 Å². The van der Waals surface area contributed by atoms with Gasteiger partial charge in [-0.1, -0.05) is 36.4 Å². The van der Waals surface area contributed by atoms with Crippen LogP contribution >= 0.6 is 0 Å². The van der Waals surface area contributed by atoms with Gasteiger partial charge in [-0.3, -0.25) is 4.99 Å². The van der Waals surface area contributed by atoms with Gasteiger partial charge in [0.1, 0.15) is 0 Å². The smallest absolute Gasteiger partial charge is 0.191 e. The zero-order chi connectivity index (χ0) is 22.2. The quantitative estimate of drug-likeness (QED) is 0.369. The van der Waals surface area contributed by atoms with Gasteiger partial charge >= 0.3 is 0 Å². The van der Waals surface area contributed by atoms with Crippen LogP contribution in [0.5, 0.6) is 11.5 Å². The molecule has 32 heavy (non-hydrogen) atoms. The summed E-state index contributed by atoms with van der Waals surface area (Å²) < 4.78 is 11.9. The van der Waals surface area contributed by atoms with E-state index in [1.807, 2.05) is 12.1 Å². The van der Waals surface area contributed by atoms with Crippen molar-refractivity contribution in [3.05, 3.63) is 65.7 Å². The number of methoxy groups -OCH3 is 1. The first-order valence-corrected chi connectivity index (χ1v) is 11.5. The summed E-state index contributed by atoms with van der Waals surface area (Å²) in [4.78, 5) is 6.75. The molecule has 2 aliphatic rings. The molecule has 170 valence electrons. The maximum absolute atomic E-state index is 6.35. The first-order valence-electron chi connectivity index (χ1n) is 11.5. The first kappa shape index (κ1) is 22.1. The van der Waals surface area contributed by atoms with Crippen molar-refractivity contribution >= 4 is 11.6 Å². The van der Waals surface area contributed by atoms with Crippen LogP contribution in [-0.4, -0.2) is 39.3 Å². The number of benzene rings is 2. The summed E-state index contributed by atoms with van der Waals surface area (Å²) in [6.07, 6.45) is 9.39. The number of anilines is 1. The molecule has 6 nitrogen and oxygen atoms in total. The number of rotatable bonds is 8. The van der Waals surface area contributed by atoms with Crippen LogP contribution in [0.3, 0.4) is 0 Å². The molecule has 1 aliphatic heterocycles. The Balaban J connectivity index is 1.36. The molecule has 2 aromatic carbocycles. The van der Waals surface area contributed by atoms with Crippen molar-refractivity contribution in [3.8, 4) is 11.5 Å². The molecule has 1 heterocycles. The molecule has 6 heteroatoms. The SMILES string of the molecule is CN=C(NCc1cccc(N2CC=CC2)c1)NCc1cccc(OC)c1OC1CCCC1. The van der Waals surface area contributed by atoms with Crippen LogP contribution < -0.4 is 25.0 Å². The summed E-state index contributed by atoms with van der Waals surface area (Å²) in [6.45, 7) is 3.27. The Morgan fingerprint density at radius 3 is 2.53 bits per heavy atom. The monoisotopic (exact) mass is 434 g/mol. The van der Waals surface area contributed by atoms with Gasteiger partial charge in [0.05, 0.1) is 13.2 Å². The lowest BCUT2D eigenvalue weighted by molar-refractivity contribution is 0.198. The summed E-state index contributed by atoms with van der Waals surface area (Å²) in [5, 5.41) is 6.85. The fraction of sp³-hybridized carbons (Fsp3) is 0.423. The highest BCUT2D eigenvalue weighted by atomic mass is 16.5. The van der Waals surface area contributed by atoms with E-state index in [4.69, 9.17) is 9.47 Å².